The van der Waals surface area contributed by atoms with Crippen molar-refractivity contribution < 1.29 is 9.59 Å². The fourth-order valence-corrected chi connectivity index (χ4v) is 3.55. The van der Waals surface area contributed by atoms with Crippen LogP contribution < -0.4 is 0 Å². The Morgan fingerprint density at radius 1 is 0.538 bits per heavy atom. The SMILES string of the molecule is CCc1ccc(-c2ccc3c(c2)-c2cc(CC)ccc2C(=O)C3=O)cc1. The number of fused-ring (bicyclic) bond motifs is 3. The molecule has 0 amide bonds. The third-order valence-corrected chi connectivity index (χ3v) is 5.19. The molecule has 3 aromatic carbocycles. The summed E-state index contributed by atoms with van der Waals surface area (Å²) in [5.74, 6) is -0.820. The molecule has 0 aromatic heterocycles. The number of Topliss-reactive ketones (excluding diaryl/α,β-unsaturated/α-hetero) is 2. The van der Waals surface area contributed by atoms with Crippen LogP contribution in [0.3, 0.4) is 0 Å². The van der Waals surface area contributed by atoms with Gasteiger partial charge < -0.3 is 0 Å². The third kappa shape index (κ3) is 2.59. The average Bonchev–Trinajstić information content (AvgIpc) is 2.71. The molecule has 0 saturated carbocycles. The summed E-state index contributed by atoms with van der Waals surface area (Å²) >= 11 is 0. The summed E-state index contributed by atoms with van der Waals surface area (Å²) < 4.78 is 0. The van der Waals surface area contributed by atoms with Crippen LogP contribution in [0.1, 0.15) is 45.7 Å². The van der Waals surface area contributed by atoms with Crippen molar-refractivity contribution in [2.75, 3.05) is 0 Å². The van der Waals surface area contributed by atoms with E-state index in [9.17, 15) is 9.59 Å². The van der Waals surface area contributed by atoms with Crippen molar-refractivity contribution in [2.24, 2.45) is 0 Å². The minimum Gasteiger partial charge on any atom is -0.285 e. The summed E-state index contributed by atoms with van der Waals surface area (Å²) in [6.45, 7) is 4.23. The van der Waals surface area contributed by atoms with Crippen molar-refractivity contribution in [1.29, 1.82) is 0 Å². The molecule has 2 heteroatoms. The molecule has 0 aliphatic heterocycles. The number of carbonyl (C=O) groups is 2. The molecule has 0 N–H and O–H groups in total. The summed E-state index contributed by atoms with van der Waals surface area (Å²) in [5.41, 5.74) is 7.37. The van der Waals surface area contributed by atoms with Gasteiger partial charge in [0.05, 0.1) is 0 Å². The Balaban J connectivity index is 1.90. The number of hydrogen-bond acceptors (Lipinski definition) is 2. The molecule has 4 rings (SSSR count). The second kappa shape index (κ2) is 6.38. The van der Waals surface area contributed by atoms with Crippen LogP contribution >= 0.6 is 0 Å². The molecule has 0 fully saturated rings. The number of hydrogen-bond donors (Lipinski definition) is 0. The molecular weight excluding hydrogens is 320 g/mol. The van der Waals surface area contributed by atoms with E-state index in [0.717, 1.165) is 40.7 Å². The maximum Gasteiger partial charge on any atom is 0.234 e. The highest BCUT2D eigenvalue weighted by atomic mass is 16.2. The van der Waals surface area contributed by atoms with E-state index in [2.05, 4.69) is 38.1 Å². The molecule has 1 aliphatic rings. The van der Waals surface area contributed by atoms with E-state index in [-0.39, 0.29) is 0 Å². The zero-order valence-corrected chi connectivity index (χ0v) is 15.0. The van der Waals surface area contributed by atoms with Crippen LogP contribution in [0.15, 0.2) is 60.7 Å². The van der Waals surface area contributed by atoms with Gasteiger partial charge in [-0.25, -0.2) is 0 Å². The summed E-state index contributed by atoms with van der Waals surface area (Å²) in [6, 6.07) is 20.0. The molecule has 0 saturated heterocycles. The molecule has 128 valence electrons. The average molecular weight is 340 g/mol. The van der Waals surface area contributed by atoms with E-state index in [0.29, 0.717) is 11.1 Å². The van der Waals surface area contributed by atoms with Gasteiger partial charge in [0.25, 0.3) is 0 Å². The first kappa shape index (κ1) is 16.5. The lowest BCUT2D eigenvalue weighted by molar-refractivity contribution is 0.0815. The van der Waals surface area contributed by atoms with E-state index in [4.69, 9.17) is 0 Å². The lowest BCUT2D eigenvalue weighted by atomic mass is 9.81. The van der Waals surface area contributed by atoms with Crippen molar-refractivity contribution in [3.05, 3.63) is 82.9 Å². The highest BCUT2D eigenvalue weighted by Crippen LogP contribution is 2.37. The molecule has 0 spiro atoms. The van der Waals surface area contributed by atoms with Crippen LogP contribution in [0.2, 0.25) is 0 Å². The monoisotopic (exact) mass is 340 g/mol. The van der Waals surface area contributed by atoms with Gasteiger partial charge in [0, 0.05) is 11.1 Å². The number of ketones is 2. The standard InChI is InChI=1S/C24H20O2/c1-3-15-5-8-17(9-6-15)18-10-12-20-22(14-18)21-13-16(4-2)7-11-19(21)23(25)24(20)26/h5-14H,3-4H2,1-2H3. The fourth-order valence-electron chi connectivity index (χ4n) is 3.55. The van der Waals surface area contributed by atoms with Crippen LogP contribution in [0.25, 0.3) is 22.3 Å². The van der Waals surface area contributed by atoms with Crippen molar-refractivity contribution in [3.63, 3.8) is 0 Å². The Kier molecular flexibility index (Phi) is 4.04. The Morgan fingerprint density at radius 3 is 1.65 bits per heavy atom. The van der Waals surface area contributed by atoms with Crippen LogP contribution in [0.4, 0.5) is 0 Å². The molecule has 1 aliphatic carbocycles. The van der Waals surface area contributed by atoms with Crippen LogP contribution in [0, 0.1) is 0 Å². The number of benzene rings is 3. The zero-order valence-electron chi connectivity index (χ0n) is 15.0. The van der Waals surface area contributed by atoms with Crippen molar-refractivity contribution in [1.82, 2.24) is 0 Å². The Morgan fingerprint density at radius 2 is 1.04 bits per heavy atom. The highest BCUT2D eigenvalue weighted by molar-refractivity contribution is 6.53. The highest BCUT2D eigenvalue weighted by Gasteiger charge is 2.30. The van der Waals surface area contributed by atoms with Gasteiger partial charge in [-0.1, -0.05) is 62.4 Å². The lowest BCUT2D eigenvalue weighted by Gasteiger charge is -2.20. The summed E-state index contributed by atoms with van der Waals surface area (Å²) in [6.07, 6.45) is 1.90. The van der Waals surface area contributed by atoms with E-state index in [1.165, 1.54) is 5.56 Å². The maximum atomic E-state index is 12.5. The van der Waals surface area contributed by atoms with Gasteiger partial charge >= 0.3 is 0 Å². The first-order chi connectivity index (χ1) is 12.6. The van der Waals surface area contributed by atoms with Crippen molar-refractivity contribution in [2.45, 2.75) is 26.7 Å². The summed E-state index contributed by atoms with van der Waals surface area (Å²) in [7, 11) is 0. The summed E-state index contributed by atoms with van der Waals surface area (Å²) in [4.78, 5) is 25.0. The second-order valence-corrected chi connectivity index (χ2v) is 6.70. The van der Waals surface area contributed by atoms with Crippen molar-refractivity contribution >= 4 is 11.6 Å². The quantitative estimate of drug-likeness (QED) is 0.588. The first-order valence-electron chi connectivity index (χ1n) is 9.08. The van der Waals surface area contributed by atoms with Crippen molar-refractivity contribution in [3.8, 4) is 22.3 Å². The molecule has 0 radical (unpaired) electrons. The van der Waals surface area contributed by atoms with Crippen LogP contribution in [-0.4, -0.2) is 11.6 Å². The maximum absolute atomic E-state index is 12.5. The van der Waals surface area contributed by atoms with Gasteiger partial charge in [-0.15, -0.1) is 0 Å². The fraction of sp³-hybridized carbons (Fsp3) is 0.167. The zero-order chi connectivity index (χ0) is 18.3. The molecule has 26 heavy (non-hydrogen) atoms. The molecule has 0 unspecified atom stereocenters. The topological polar surface area (TPSA) is 34.1 Å². The Labute approximate surface area is 153 Å². The van der Waals surface area contributed by atoms with Crippen LogP contribution in [0.5, 0.6) is 0 Å². The minimum atomic E-state index is -0.412. The number of rotatable bonds is 3. The molecule has 0 heterocycles. The molecule has 0 atom stereocenters. The first-order valence-corrected chi connectivity index (χ1v) is 9.08. The minimum absolute atomic E-state index is 0.407. The molecule has 2 nitrogen and oxygen atoms in total. The summed E-state index contributed by atoms with van der Waals surface area (Å²) in [5, 5.41) is 0. The van der Waals surface area contributed by atoms with E-state index >= 15 is 0 Å². The number of aryl methyl sites for hydroxylation is 2. The van der Waals surface area contributed by atoms with Crippen LogP contribution in [-0.2, 0) is 12.8 Å². The van der Waals surface area contributed by atoms with Gasteiger partial charge in [0.15, 0.2) is 0 Å². The van der Waals surface area contributed by atoms with Gasteiger partial charge in [-0.2, -0.15) is 0 Å². The largest absolute Gasteiger partial charge is 0.285 e. The molecule has 3 aromatic rings. The lowest BCUT2D eigenvalue weighted by Crippen LogP contribution is -2.21. The van der Waals surface area contributed by atoms with E-state index in [1.54, 1.807) is 12.1 Å². The predicted molar refractivity (Wildman–Crippen MR) is 105 cm³/mol. The molecular formula is C24H20O2. The second-order valence-electron chi connectivity index (χ2n) is 6.70. The van der Waals surface area contributed by atoms with E-state index in [1.807, 2.05) is 24.3 Å². The third-order valence-electron chi connectivity index (χ3n) is 5.19. The predicted octanol–water partition coefficient (Wildman–Crippen LogP) is 5.52. The molecule has 0 bridgehead atoms. The smallest absolute Gasteiger partial charge is 0.234 e. The van der Waals surface area contributed by atoms with Gasteiger partial charge in [-0.05, 0) is 58.4 Å². The Hall–Kier alpha value is -3.00. The van der Waals surface area contributed by atoms with Gasteiger partial charge in [-0.3, -0.25) is 9.59 Å². The van der Waals surface area contributed by atoms with E-state index < -0.39 is 11.6 Å². The normalized spacial score (nSPS) is 12.7. The Bertz CT molecular complexity index is 1030. The van der Waals surface area contributed by atoms with Gasteiger partial charge in [0.1, 0.15) is 0 Å². The number of carbonyl (C=O) groups excluding carboxylic acids is 2. The van der Waals surface area contributed by atoms with Gasteiger partial charge in [0.2, 0.25) is 11.6 Å².